The van der Waals surface area contributed by atoms with Crippen LogP contribution in [-0.4, -0.2) is 17.2 Å². The zero-order valence-corrected chi connectivity index (χ0v) is 7.46. The van der Waals surface area contributed by atoms with Gasteiger partial charge in [-0.1, -0.05) is 18.2 Å². The standard InChI is InChI=1S/C9H12ClNO/c10-7-6-9(12)11-8-4-2-1-3-5-8/h1-5,9,11-12H,6-7H2. The summed E-state index contributed by atoms with van der Waals surface area (Å²) < 4.78 is 0. The Morgan fingerprint density at radius 1 is 1.33 bits per heavy atom. The lowest BCUT2D eigenvalue weighted by Gasteiger charge is -2.11. The second kappa shape index (κ2) is 5.01. The van der Waals surface area contributed by atoms with Gasteiger partial charge in [0.1, 0.15) is 6.23 Å². The molecule has 0 aromatic heterocycles. The number of benzene rings is 1. The molecule has 0 heterocycles. The van der Waals surface area contributed by atoms with Crippen molar-refractivity contribution in [3.05, 3.63) is 30.3 Å². The van der Waals surface area contributed by atoms with Gasteiger partial charge < -0.3 is 10.4 Å². The largest absolute Gasteiger partial charge is 0.374 e. The molecule has 0 radical (unpaired) electrons. The maximum atomic E-state index is 9.31. The lowest BCUT2D eigenvalue weighted by molar-refractivity contribution is 0.200. The molecule has 0 bridgehead atoms. The Morgan fingerprint density at radius 3 is 2.58 bits per heavy atom. The van der Waals surface area contributed by atoms with Crippen LogP contribution in [0.25, 0.3) is 0 Å². The zero-order chi connectivity index (χ0) is 8.81. The van der Waals surface area contributed by atoms with Crippen LogP contribution in [0.3, 0.4) is 0 Å². The molecule has 1 unspecified atom stereocenters. The smallest absolute Gasteiger partial charge is 0.125 e. The first kappa shape index (κ1) is 9.36. The fourth-order valence-corrected chi connectivity index (χ4v) is 1.11. The van der Waals surface area contributed by atoms with E-state index in [0.29, 0.717) is 12.3 Å². The monoisotopic (exact) mass is 185 g/mol. The summed E-state index contributed by atoms with van der Waals surface area (Å²) in [6.07, 6.45) is 0.00102. The number of aliphatic hydroxyl groups is 1. The van der Waals surface area contributed by atoms with Gasteiger partial charge in [0, 0.05) is 18.0 Å². The molecule has 66 valence electrons. The Morgan fingerprint density at radius 2 is 2.00 bits per heavy atom. The zero-order valence-electron chi connectivity index (χ0n) is 6.70. The third-order valence-electron chi connectivity index (χ3n) is 1.49. The molecule has 1 atom stereocenters. The van der Waals surface area contributed by atoms with Crippen molar-refractivity contribution in [2.45, 2.75) is 12.6 Å². The summed E-state index contributed by atoms with van der Waals surface area (Å²) in [5, 5.41) is 12.2. The van der Waals surface area contributed by atoms with Gasteiger partial charge in [0.15, 0.2) is 0 Å². The molecule has 12 heavy (non-hydrogen) atoms. The maximum Gasteiger partial charge on any atom is 0.125 e. The van der Waals surface area contributed by atoms with Crippen LogP contribution in [0.4, 0.5) is 5.69 Å². The second-order valence-corrected chi connectivity index (χ2v) is 2.88. The predicted molar refractivity (Wildman–Crippen MR) is 51.4 cm³/mol. The number of para-hydroxylation sites is 1. The number of halogens is 1. The van der Waals surface area contributed by atoms with E-state index in [2.05, 4.69) is 5.32 Å². The van der Waals surface area contributed by atoms with Crippen molar-refractivity contribution in [1.29, 1.82) is 0 Å². The molecule has 0 aliphatic carbocycles. The number of hydrogen-bond acceptors (Lipinski definition) is 2. The Labute approximate surface area is 77.2 Å². The van der Waals surface area contributed by atoms with Crippen LogP contribution < -0.4 is 5.32 Å². The summed E-state index contributed by atoms with van der Waals surface area (Å²) in [6.45, 7) is 0. The number of aliphatic hydroxyl groups excluding tert-OH is 1. The average Bonchev–Trinajstić information content (AvgIpc) is 2.06. The van der Waals surface area contributed by atoms with Gasteiger partial charge in [0.25, 0.3) is 0 Å². The molecule has 0 spiro atoms. The fraction of sp³-hybridized carbons (Fsp3) is 0.333. The molecule has 0 amide bonds. The topological polar surface area (TPSA) is 32.3 Å². The van der Waals surface area contributed by atoms with E-state index in [1.54, 1.807) is 0 Å². The number of nitrogens with one attached hydrogen (secondary N) is 1. The number of rotatable bonds is 4. The Bertz CT molecular complexity index is 215. The quantitative estimate of drug-likeness (QED) is 0.556. The molecular formula is C9H12ClNO. The molecular weight excluding hydrogens is 174 g/mol. The summed E-state index contributed by atoms with van der Waals surface area (Å²) in [4.78, 5) is 0. The van der Waals surface area contributed by atoms with Crippen molar-refractivity contribution in [3.63, 3.8) is 0 Å². The third-order valence-corrected chi connectivity index (χ3v) is 1.71. The van der Waals surface area contributed by atoms with Crippen LogP contribution >= 0.6 is 11.6 Å². The first-order valence-corrected chi connectivity index (χ1v) is 4.42. The van der Waals surface area contributed by atoms with E-state index in [1.165, 1.54) is 0 Å². The molecule has 3 heteroatoms. The van der Waals surface area contributed by atoms with Crippen LogP contribution in [0.2, 0.25) is 0 Å². The van der Waals surface area contributed by atoms with Gasteiger partial charge in [-0.2, -0.15) is 0 Å². The summed E-state index contributed by atoms with van der Waals surface area (Å²) in [7, 11) is 0. The Balaban J connectivity index is 2.41. The van der Waals surface area contributed by atoms with Gasteiger partial charge >= 0.3 is 0 Å². The highest BCUT2D eigenvalue weighted by Crippen LogP contribution is 2.07. The van der Waals surface area contributed by atoms with Gasteiger partial charge in [-0.3, -0.25) is 0 Å². The molecule has 0 saturated carbocycles. The number of hydrogen-bond donors (Lipinski definition) is 2. The van der Waals surface area contributed by atoms with E-state index < -0.39 is 6.23 Å². The van der Waals surface area contributed by atoms with Crippen molar-refractivity contribution >= 4 is 17.3 Å². The number of alkyl halides is 1. The minimum atomic E-state index is -0.551. The molecule has 2 N–H and O–H groups in total. The first-order valence-electron chi connectivity index (χ1n) is 3.88. The highest BCUT2D eigenvalue weighted by Gasteiger charge is 2.00. The molecule has 0 fully saturated rings. The van der Waals surface area contributed by atoms with Gasteiger partial charge in [-0.25, -0.2) is 0 Å². The minimum absolute atomic E-state index is 0.459. The van der Waals surface area contributed by atoms with Crippen molar-refractivity contribution in [3.8, 4) is 0 Å². The SMILES string of the molecule is OC(CCCl)Nc1ccccc1. The minimum Gasteiger partial charge on any atom is -0.374 e. The van der Waals surface area contributed by atoms with Crippen LogP contribution in [0.1, 0.15) is 6.42 Å². The van der Waals surface area contributed by atoms with Crippen molar-refractivity contribution in [2.24, 2.45) is 0 Å². The molecule has 1 rings (SSSR count). The van der Waals surface area contributed by atoms with Crippen LogP contribution in [0.15, 0.2) is 30.3 Å². The highest BCUT2D eigenvalue weighted by molar-refractivity contribution is 6.17. The maximum absolute atomic E-state index is 9.31. The molecule has 1 aromatic carbocycles. The van der Waals surface area contributed by atoms with E-state index in [1.807, 2.05) is 30.3 Å². The van der Waals surface area contributed by atoms with Crippen molar-refractivity contribution in [1.82, 2.24) is 0 Å². The van der Waals surface area contributed by atoms with Gasteiger partial charge in [0.05, 0.1) is 0 Å². The predicted octanol–water partition coefficient (Wildman–Crippen LogP) is 2.05. The van der Waals surface area contributed by atoms with Crippen LogP contribution in [0.5, 0.6) is 0 Å². The van der Waals surface area contributed by atoms with Crippen molar-refractivity contribution in [2.75, 3.05) is 11.2 Å². The number of anilines is 1. The first-order chi connectivity index (χ1) is 5.83. The van der Waals surface area contributed by atoms with Crippen LogP contribution in [-0.2, 0) is 0 Å². The molecule has 0 aliphatic rings. The fourth-order valence-electron chi connectivity index (χ4n) is 0.902. The van der Waals surface area contributed by atoms with E-state index in [-0.39, 0.29) is 0 Å². The lowest BCUT2D eigenvalue weighted by Crippen LogP contribution is -2.18. The molecule has 0 aliphatic heterocycles. The molecule has 1 aromatic rings. The summed E-state index contributed by atoms with van der Waals surface area (Å²) in [5.41, 5.74) is 0.912. The Hall–Kier alpha value is -0.730. The lowest BCUT2D eigenvalue weighted by atomic mass is 10.3. The Kier molecular flexibility index (Phi) is 3.91. The van der Waals surface area contributed by atoms with E-state index in [9.17, 15) is 5.11 Å². The van der Waals surface area contributed by atoms with Gasteiger partial charge in [-0.15, -0.1) is 11.6 Å². The van der Waals surface area contributed by atoms with E-state index in [0.717, 1.165) is 5.69 Å². The van der Waals surface area contributed by atoms with Crippen LogP contribution in [0, 0.1) is 0 Å². The van der Waals surface area contributed by atoms with Gasteiger partial charge in [-0.05, 0) is 12.1 Å². The normalized spacial score (nSPS) is 12.5. The molecule has 0 saturated heterocycles. The summed E-state index contributed by atoms with van der Waals surface area (Å²) >= 11 is 5.46. The van der Waals surface area contributed by atoms with Gasteiger partial charge in [0.2, 0.25) is 0 Å². The highest BCUT2D eigenvalue weighted by atomic mass is 35.5. The summed E-state index contributed by atoms with van der Waals surface area (Å²) in [6, 6.07) is 9.56. The van der Waals surface area contributed by atoms with E-state index >= 15 is 0 Å². The average molecular weight is 186 g/mol. The third kappa shape index (κ3) is 3.11. The van der Waals surface area contributed by atoms with Crippen molar-refractivity contribution < 1.29 is 5.11 Å². The molecule has 2 nitrogen and oxygen atoms in total. The second-order valence-electron chi connectivity index (χ2n) is 2.50. The van der Waals surface area contributed by atoms with E-state index in [4.69, 9.17) is 11.6 Å². The summed E-state index contributed by atoms with van der Waals surface area (Å²) in [5.74, 6) is 0.459.